The monoisotopic (exact) mass is 254 g/mol. The first kappa shape index (κ1) is 11.0. The first-order chi connectivity index (χ1) is 9.11. The van der Waals surface area contributed by atoms with Gasteiger partial charge in [-0.15, -0.1) is 0 Å². The number of rotatable bonds is 0. The van der Waals surface area contributed by atoms with E-state index in [1.54, 1.807) is 0 Å². The number of para-hydroxylation sites is 1. The zero-order valence-corrected chi connectivity index (χ0v) is 10.9. The summed E-state index contributed by atoms with van der Waals surface area (Å²) in [5.41, 5.74) is 2.79. The predicted octanol–water partition coefficient (Wildman–Crippen LogP) is 2.72. The highest BCUT2D eigenvalue weighted by atomic mass is 16.8. The van der Waals surface area contributed by atoms with Crippen molar-refractivity contribution in [3.8, 4) is 6.07 Å². The van der Waals surface area contributed by atoms with Crippen LogP contribution in [0.1, 0.15) is 31.2 Å². The molecule has 0 bridgehead atoms. The molecule has 0 spiro atoms. The van der Waals surface area contributed by atoms with Crippen LogP contribution in [0.4, 0.5) is 0 Å². The Bertz CT molecular complexity index is 724. The quantitative estimate of drug-likeness (QED) is 0.726. The van der Waals surface area contributed by atoms with Gasteiger partial charge in [-0.2, -0.15) is 5.26 Å². The van der Waals surface area contributed by atoms with Gasteiger partial charge in [-0.1, -0.05) is 18.2 Å². The number of hydrogen-bond acceptors (Lipinski definition) is 3. The highest BCUT2D eigenvalue weighted by Gasteiger charge is 2.49. The van der Waals surface area contributed by atoms with Crippen LogP contribution in [0.15, 0.2) is 24.3 Å². The Morgan fingerprint density at radius 3 is 2.89 bits per heavy atom. The summed E-state index contributed by atoms with van der Waals surface area (Å²) in [4.78, 5) is 0. The minimum Gasteiger partial charge on any atom is -0.342 e. The van der Waals surface area contributed by atoms with Gasteiger partial charge in [0.2, 0.25) is 0 Å². The minimum atomic E-state index is -0.566. The molecule has 3 heterocycles. The van der Waals surface area contributed by atoms with Crippen molar-refractivity contribution >= 4 is 10.9 Å². The fraction of sp³-hybridized carbons (Fsp3) is 0.400. The fourth-order valence-corrected chi connectivity index (χ4v) is 3.31. The largest absolute Gasteiger partial charge is 0.342 e. The number of nitrogens with zero attached hydrogens (tertiary/aromatic N) is 2. The second-order valence-corrected chi connectivity index (χ2v) is 5.59. The molecule has 96 valence electrons. The van der Waals surface area contributed by atoms with Gasteiger partial charge in [0.05, 0.1) is 17.8 Å². The van der Waals surface area contributed by atoms with Crippen molar-refractivity contribution in [2.75, 3.05) is 0 Å². The second-order valence-electron chi connectivity index (χ2n) is 5.59. The van der Waals surface area contributed by atoms with Gasteiger partial charge in [0, 0.05) is 10.9 Å². The maximum atomic E-state index is 9.48. The van der Waals surface area contributed by atoms with E-state index in [0.29, 0.717) is 0 Å². The Morgan fingerprint density at radius 1 is 1.32 bits per heavy atom. The summed E-state index contributed by atoms with van der Waals surface area (Å²) in [7, 11) is 0. The van der Waals surface area contributed by atoms with E-state index in [0.717, 1.165) is 28.7 Å². The van der Waals surface area contributed by atoms with Crippen molar-refractivity contribution in [2.45, 2.75) is 38.4 Å². The van der Waals surface area contributed by atoms with Gasteiger partial charge in [-0.05, 0) is 19.9 Å². The molecule has 0 N–H and O–H groups in total. The minimum absolute atomic E-state index is 0.0155. The van der Waals surface area contributed by atoms with Crippen LogP contribution in [0.25, 0.3) is 10.9 Å². The van der Waals surface area contributed by atoms with Gasteiger partial charge < -0.3 is 14.0 Å². The van der Waals surface area contributed by atoms with Crippen LogP contribution in [0.3, 0.4) is 0 Å². The molecule has 2 aliphatic rings. The molecule has 2 aromatic rings. The molecule has 0 saturated carbocycles. The zero-order chi connectivity index (χ0) is 13.2. The molecule has 1 aromatic carbocycles. The lowest BCUT2D eigenvalue weighted by molar-refractivity contribution is -0.150. The lowest BCUT2D eigenvalue weighted by Gasteiger charge is -2.18. The molecule has 4 nitrogen and oxygen atoms in total. The summed E-state index contributed by atoms with van der Waals surface area (Å²) >= 11 is 0. The van der Waals surface area contributed by atoms with Crippen LogP contribution in [0.2, 0.25) is 0 Å². The maximum absolute atomic E-state index is 9.48. The highest BCUT2D eigenvalue weighted by Crippen LogP contribution is 2.47. The number of fused-ring (bicyclic) bond motifs is 5. The van der Waals surface area contributed by atoms with Gasteiger partial charge in [-0.3, -0.25) is 0 Å². The van der Waals surface area contributed by atoms with Crippen LogP contribution < -0.4 is 0 Å². The lowest BCUT2D eigenvalue weighted by Crippen LogP contribution is -2.23. The molecule has 1 saturated heterocycles. The third-order valence-corrected chi connectivity index (χ3v) is 3.94. The molecule has 19 heavy (non-hydrogen) atoms. The molecule has 4 rings (SSSR count). The van der Waals surface area contributed by atoms with Gasteiger partial charge in [0.15, 0.2) is 5.79 Å². The number of aromatic nitrogens is 1. The molecule has 0 radical (unpaired) electrons. The SMILES string of the molecule is CC1(C)O[C@H]2Cn3c(c(C#N)c4ccccc43)[C@H]2O1. The average Bonchev–Trinajstić information content (AvgIpc) is 2.94. The molecule has 1 fully saturated rings. The number of benzene rings is 1. The van der Waals surface area contributed by atoms with E-state index in [2.05, 4.69) is 10.6 Å². The number of hydrogen-bond donors (Lipinski definition) is 0. The summed E-state index contributed by atoms with van der Waals surface area (Å²) in [5.74, 6) is -0.566. The van der Waals surface area contributed by atoms with Gasteiger partial charge in [-0.25, -0.2) is 0 Å². The van der Waals surface area contributed by atoms with Crippen molar-refractivity contribution in [3.63, 3.8) is 0 Å². The summed E-state index contributed by atoms with van der Waals surface area (Å²) in [6.07, 6.45) is -0.112. The smallest absolute Gasteiger partial charge is 0.164 e. The number of nitriles is 1. The van der Waals surface area contributed by atoms with E-state index in [-0.39, 0.29) is 12.2 Å². The van der Waals surface area contributed by atoms with Crippen molar-refractivity contribution in [1.82, 2.24) is 4.57 Å². The van der Waals surface area contributed by atoms with Crippen LogP contribution in [-0.4, -0.2) is 16.5 Å². The van der Waals surface area contributed by atoms with Crippen molar-refractivity contribution in [3.05, 3.63) is 35.5 Å². The summed E-state index contributed by atoms with van der Waals surface area (Å²) in [6, 6.07) is 10.3. The van der Waals surface area contributed by atoms with Crippen LogP contribution in [0, 0.1) is 11.3 Å². The Kier molecular flexibility index (Phi) is 1.96. The molecular formula is C15H14N2O2. The Labute approximate surface area is 111 Å². The number of ether oxygens (including phenoxy) is 2. The first-order valence-electron chi connectivity index (χ1n) is 6.47. The molecule has 2 aliphatic heterocycles. The molecule has 4 heteroatoms. The van der Waals surface area contributed by atoms with Gasteiger partial charge >= 0.3 is 0 Å². The van der Waals surface area contributed by atoms with Crippen molar-refractivity contribution in [1.29, 1.82) is 5.26 Å². The Hall–Kier alpha value is -1.83. The lowest BCUT2D eigenvalue weighted by atomic mass is 10.1. The summed E-state index contributed by atoms with van der Waals surface area (Å²) in [5, 5.41) is 10.5. The van der Waals surface area contributed by atoms with E-state index >= 15 is 0 Å². The Morgan fingerprint density at radius 2 is 2.11 bits per heavy atom. The van der Waals surface area contributed by atoms with E-state index in [4.69, 9.17) is 9.47 Å². The van der Waals surface area contributed by atoms with E-state index < -0.39 is 5.79 Å². The predicted molar refractivity (Wildman–Crippen MR) is 69.4 cm³/mol. The fourth-order valence-electron chi connectivity index (χ4n) is 3.31. The van der Waals surface area contributed by atoms with Crippen molar-refractivity contribution in [2.24, 2.45) is 0 Å². The van der Waals surface area contributed by atoms with Crippen LogP contribution >= 0.6 is 0 Å². The molecule has 2 atom stereocenters. The average molecular weight is 254 g/mol. The van der Waals surface area contributed by atoms with E-state index in [1.807, 2.05) is 38.1 Å². The zero-order valence-electron chi connectivity index (χ0n) is 10.9. The molecule has 0 aliphatic carbocycles. The third kappa shape index (κ3) is 1.34. The Balaban J connectivity index is 1.98. The maximum Gasteiger partial charge on any atom is 0.164 e. The molecule has 0 unspecified atom stereocenters. The molecule has 0 amide bonds. The third-order valence-electron chi connectivity index (χ3n) is 3.94. The van der Waals surface area contributed by atoms with Gasteiger partial charge in [0.1, 0.15) is 18.3 Å². The van der Waals surface area contributed by atoms with Gasteiger partial charge in [0.25, 0.3) is 0 Å². The summed E-state index contributed by atoms with van der Waals surface area (Å²) < 4.78 is 14.1. The topological polar surface area (TPSA) is 47.2 Å². The van der Waals surface area contributed by atoms with Crippen LogP contribution in [0.5, 0.6) is 0 Å². The highest BCUT2D eigenvalue weighted by molar-refractivity contribution is 5.88. The normalized spacial score (nSPS) is 27.2. The van der Waals surface area contributed by atoms with Crippen LogP contribution in [-0.2, 0) is 16.0 Å². The molecule has 1 aromatic heterocycles. The van der Waals surface area contributed by atoms with Crippen molar-refractivity contribution < 1.29 is 9.47 Å². The van der Waals surface area contributed by atoms with E-state index in [1.165, 1.54) is 0 Å². The first-order valence-corrected chi connectivity index (χ1v) is 6.47. The summed E-state index contributed by atoms with van der Waals surface area (Å²) in [6.45, 7) is 4.60. The van der Waals surface area contributed by atoms with E-state index in [9.17, 15) is 5.26 Å². The molecular weight excluding hydrogens is 240 g/mol. The second kappa shape index (κ2) is 3.38. The standard InChI is InChI=1S/C15H14N2O2/c1-15(2)18-12-8-17-11-6-4-3-5-9(11)10(7-16)13(17)14(12)19-15/h3-6,12,14H,8H2,1-2H3/t12-,14-/m0/s1.